The van der Waals surface area contributed by atoms with Crippen molar-refractivity contribution in [3.05, 3.63) is 51.8 Å². The molecule has 1 amide bonds. The van der Waals surface area contributed by atoms with Gasteiger partial charge in [-0.2, -0.15) is 5.26 Å². The van der Waals surface area contributed by atoms with Gasteiger partial charge in [0.05, 0.1) is 10.5 Å². The van der Waals surface area contributed by atoms with E-state index >= 15 is 0 Å². The number of thioether (sulfide) groups is 1. The van der Waals surface area contributed by atoms with Gasteiger partial charge in [0.15, 0.2) is 0 Å². The van der Waals surface area contributed by atoms with E-state index in [2.05, 4.69) is 50.4 Å². The smallest absolute Gasteiger partial charge is 0.227 e. The number of aromatic nitrogens is 1. The highest BCUT2D eigenvalue weighted by atomic mass is 32.2. The maximum absolute atomic E-state index is 12.2. The number of nitrogens with zero attached hydrogens (tertiary/aromatic N) is 2. The zero-order valence-corrected chi connectivity index (χ0v) is 17.6. The Kier molecular flexibility index (Phi) is 5.76. The molecule has 6 heteroatoms. The van der Waals surface area contributed by atoms with Gasteiger partial charge < -0.3 is 4.42 Å². The molecule has 0 spiro atoms. The lowest BCUT2D eigenvalue weighted by Crippen LogP contribution is -2.12. The molecule has 2 heterocycles. The summed E-state index contributed by atoms with van der Waals surface area (Å²) in [5, 5.41) is 14.0. The predicted octanol–water partition coefficient (Wildman–Crippen LogP) is 5.36. The third-order valence-corrected chi connectivity index (χ3v) is 5.67. The summed E-state index contributed by atoms with van der Waals surface area (Å²) in [6.07, 6.45) is 0.306. The largest absolute Gasteiger partial charge is 0.444 e. The maximum Gasteiger partial charge on any atom is 0.227 e. The molecule has 28 heavy (non-hydrogen) atoms. The van der Waals surface area contributed by atoms with Crippen molar-refractivity contribution in [1.82, 2.24) is 4.98 Å². The molecule has 0 saturated heterocycles. The van der Waals surface area contributed by atoms with Gasteiger partial charge in [-0.25, -0.2) is 4.98 Å². The van der Waals surface area contributed by atoms with Gasteiger partial charge >= 0.3 is 0 Å². The molecule has 0 bridgehead atoms. The van der Waals surface area contributed by atoms with Crippen LogP contribution in [0.25, 0.3) is 10.9 Å². The fourth-order valence-electron chi connectivity index (χ4n) is 3.18. The second-order valence-corrected chi connectivity index (χ2v) is 8.12. The highest BCUT2D eigenvalue weighted by Gasteiger charge is 2.16. The Labute approximate surface area is 169 Å². The summed E-state index contributed by atoms with van der Waals surface area (Å²) in [6.45, 7) is 9.83. The number of aryl methyl sites for hydroxylation is 4. The summed E-state index contributed by atoms with van der Waals surface area (Å²) in [5.74, 6) is 1.29. The van der Waals surface area contributed by atoms with Crippen LogP contribution in [0, 0.1) is 45.9 Å². The molecule has 1 aromatic carbocycles. The number of pyridine rings is 1. The summed E-state index contributed by atoms with van der Waals surface area (Å²) < 4.78 is 5.48. The number of benzene rings is 1. The van der Waals surface area contributed by atoms with Crippen molar-refractivity contribution in [1.29, 1.82) is 5.26 Å². The van der Waals surface area contributed by atoms with E-state index in [1.54, 1.807) is 25.6 Å². The molecule has 0 unspecified atom stereocenters. The number of furan rings is 1. The summed E-state index contributed by atoms with van der Waals surface area (Å²) in [4.78, 5) is 17.0. The van der Waals surface area contributed by atoms with Gasteiger partial charge in [0.1, 0.15) is 17.4 Å². The number of rotatable bonds is 5. The van der Waals surface area contributed by atoms with Crippen LogP contribution in [-0.2, 0) is 4.79 Å². The van der Waals surface area contributed by atoms with E-state index in [4.69, 9.17) is 9.40 Å². The highest BCUT2D eigenvalue weighted by Crippen LogP contribution is 2.28. The SMILES string of the molecule is Cc1cc(C)c2nc(SCCC(=O)Nc3oc(C)c(C)c3C#N)cc(C)c2c1. The van der Waals surface area contributed by atoms with Crippen molar-refractivity contribution in [3.8, 4) is 6.07 Å². The number of hydrogen-bond donors (Lipinski definition) is 1. The van der Waals surface area contributed by atoms with E-state index in [9.17, 15) is 10.1 Å². The van der Waals surface area contributed by atoms with Crippen LogP contribution in [0.5, 0.6) is 0 Å². The first kappa shape index (κ1) is 20.0. The Morgan fingerprint density at radius 3 is 2.64 bits per heavy atom. The number of anilines is 1. The van der Waals surface area contributed by atoms with E-state index < -0.39 is 0 Å². The second kappa shape index (κ2) is 8.07. The molecule has 0 aliphatic carbocycles. The van der Waals surface area contributed by atoms with Crippen LogP contribution in [-0.4, -0.2) is 16.6 Å². The Balaban J connectivity index is 1.66. The molecule has 0 saturated carbocycles. The number of amides is 1. The number of fused-ring (bicyclic) bond motifs is 1. The van der Waals surface area contributed by atoms with Gasteiger partial charge in [-0.15, -0.1) is 11.8 Å². The van der Waals surface area contributed by atoms with Crippen LogP contribution >= 0.6 is 11.8 Å². The average molecular weight is 394 g/mol. The van der Waals surface area contributed by atoms with Crippen LogP contribution in [0.3, 0.4) is 0 Å². The summed E-state index contributed by atoms with van der Waals surface area (Å²) in [5.41, 5.74) is 5.73. The van der Waals surface area contributed by atoms with E-state index in [1.165, 1.54) is 16.5 Å². The average Bonchev–Trinajstić information content (AvgIpc) is 2.89. The summed E-state index contributed by atoms with van der Waals surface area (Å²) in [6, 6.07) is 8.44. The topological polar surface area (TPSA) is 78.9 Å². The van der Waals surface area contributed by atoms with Crippen LogP contribution in [0.1, 0.15) is 40.0 Å². The van der Waals surface area contributed by atoms with Gasteiger partial charge in [0.25, 0.3) is 0 Å². The molecule has 3 aromatic rings. The van der Waals surface area contributed by atoms with Crippen molar-refractivity contribution in [3.63, 3.8) is 0 Å². The first-order valence-electron chi connectivity index (χ1n) is 9.11. The van der Waals surface area contributed by atoms with E-state index in [0.717, 1.165) is 21.7 Å². The Bertz CT molecular complexity index is 1110. The number of nitriles is 1. The highest BCUT2D eigenvalue weighted by molar-refractivity contribution is 7.99. The minimum absolute atomic E-state index is 0.179. The standard InChI is InChI=1S/C22H23N3O2S/c1-12-8-14(3)21-17(9-12)13(2)10-20(25-21)28-7-6-19(26)24-22-18(11-23)15(4)16(5)27-22/h8-10H,6-7H2,1-5H3,(H,24,26). The first-order valence-corrected chi connectivity index (χ1v) is 10.1. The molecular formula is C22H23N3O2S. The van der Waals surface area contributed by atoms with Crippen LogP contribution in [0.4, 0.5) is 5.88 Å². The molecule has 144 valence electrons. The molecule has 0 fully saturated rings. The van der Waals surface area contributed by atoms with E-state index in [-0.39, 0.29) is 11.8 Å². The molecular weight excluding hydrogens is 370 g/mol. The lowest BCUT2D eigenvalue weighted by atomic mass is 10.0. The van der Waals surface area contributed by atoms with Crippen LogP contribution in [0.15, 0.2) is 27.6 Å². The first-order chi connectivity index (χ1) is 13.3. The number of nitrogens with one attached hydrogen (secondary N) is 1. The van der Waals surface area contributed by atoms with Crippen molar-refractivity contribution in [2.24, 2.45) is 0 Å². The monoisotopic (exact) mass is 393 g/mol. The molecule has 1 N–H and O–H groups in total. The molecule has 0 radical (unpaired) electrons. The molecule has 2 aromatic heterocycles. The molecule has 0 aliphatic rings. The number of carbonyl (C=O) groups is 1. The van der Waals surface area contributed by atoms with Gasteiger partial charge in [-0.3, -0.25) is 10.1 Å². The van der Waals surface area contributed by atoms with Crippen molar-refractivity contribution >= 4 is 34.5 Å². The number of carbonyl (C=O) groups excluding carboxylic acids is 1. The summed E-state index contributed by atoms with van der Waals surface area (Å²) in [7, 11) is 0. The third-order valence-electron chi connectivity index (χ3n) is 4.76. The fraction of sp³-hybridized carbons (Fsp3) is 0.318. The Morgan fingerprint density at radius 2 is 1.93 bits per heavy atom. The fourth-order valence-corrected chi connectivity index (χ4v) is 4.09. The van der Waals surface area contributed by atoms with E-state index in [0.29, 0.717) is 23.5 Å². The van der Waals surface area contributed by atoms with Gasteiger partial charge in [0.2, 0.25) is 11.8 Å². The van der Waals surface area contributed by atoms with Gasteiger partial charge in [0, 0.05) is 23.1 Å². The lowest BCUT2D eigenvalue weighted by molar-refractivity contribution is -0.115. The minimum atomic E-state index is -0.179. The van der Waals surface area contributed by atoms with Crippen molar-refractivity contribution < 1.29 is 9.21 Å². The quantitative estimate of drug-likeness (QED) is 0.590. The minimum Gasteiger partial charge on any atom is -0.444 e. The third kappa shape index (κ3) is 4.05. The van der Waals surface area contributed by atoms with Gasteiger partial charge in [-0.1, -0.05) is 11.6 Å². The zero-order chi connectivity index (χ0) is 20.4. The van der Waals surface area contributed by atoms with Crippen LogP contribution < -0.4 is 5.32 Å². The molecule has 5 nitrogen and oxygen atoms in total. The maximum atomic E-state index is 12.2. The lowest BCUT2D eigenvalue weighted by Gasteiger charge is -2.09. The second-order valence-electron chi connectivity index (χ2n) is 7.00. The molecule has 0 aliphatic heterocycles. The zero-order valence-electron chi connectivity index (χ0n) is 16.8. The van der Waals surface area contributed by atoms with Gasteiger partial charge in [-0.05, 0) is 57.9 Å². The Hall–Kier alpha value is -2.78. The number of hydrogen-bond acceptors (Lipinski definition) is 5. The van der Waals surface area contributed by atoms with Crippen LogP contribution in [0.2, 0.25) is 0 Å². The van der Waals surface area contributed by atoms with Crippen molar-refractivity contribution in [2.75, 3.05) is 11.1 Å². The summed E-state index contributed by atoms with van der Waals surface area (Å²) >= 11 is 1.55. The molecule has 0 atom stereocenters. The molecule has 3 rings (SSSR count). The normalized spacial score (nSPS) is 10.9. The predicted molar refractivity (Wildman–Crippen MR) is 113 cm³/mol. The van der Waals surface area contributed by atoms with E-state index in [1.807, 2.05) is 0 Å². The van der Waals surface area contributed by atoms with Crippen molar-refractivity contribution in [2.45, 2.75) is 46.1 Å². The Morgan fingerprint density at radius 1 is 1.18 bits per heavy atom.